The average Bonchev–Trinajstić information content (AvgIpc) is 3.64. The van der Waals surface area contributed by atoms with Crippen LogP contribution in [0.3, 0.4) is 0 Å². The number of likely N-dealkylation sites (tertiary alicyclic amines) is 1. The van der Waals surface area contributed by atoms with Crippen molar-refractivity contribution in [3.8, 4) is 34.2 Å². The summed E-state index contributed by atoms with van der Waals surface area (Å²) in [6.45, 7) is 1.29. The lowest BCUT2D eigenvalue weighted by Crippen LogP contribution is -2.36. The van der Waals surface area contributed by atoms with Gasteiger partial charge in [-0.2, -0.15) is 0 Å². The van der Waals surface area contributed by atoms with E-state index in [2.05, 4.69) is 5.16 Å². The van der Waals surface area contributed by atoms with Crippen molar-refractivity contribution in [2.75, 3.05) is 27.3 Å². The van der Waals surface area contributed by atoms with Crippen LogP contribution < -0.4 is 9.47 Å². The maximum absolute atomic E-state index is 12.8. The minimum atomic E-state index is -0.0596. The molecule has 11 heteroatoms. The van der Waals surface area contributed by atoms with Gasteiger partial charge in [0.25, 0.3) is 0 Å². The molecule has 1 aliphatic rings. The highest BCUT2D eigenvalue weighted by Crippen LogP contribution is 2.38. The van der Waals surface area contributed by atoms with E-state index >= 15 is 0 Å². The summed E-state index contributed by atoms with van der Waals surface area (Å²) in [6, 6.07) is 10.7. The molecule has 0 unspecified atom stereocenters. The van der Waals surface area contributed by atoms with E-state index in [-0.39, 0.29) is 11.8 Å². The van der Waals surface area contributed by atoms with Gasteiger partial charge in [-0.3, -0.25) is 4.79 Å². The smallest absolute Gasteiger partial charge is 0.246 e. The third kappa shape index (κ3) is 5.94. The Labute approximate surface area is 244 Å². The molecule has 4 aromatic rings. The highest BCUT2D eigenvalue weighted by atomic mass is 35.5. The molecule has 0 bridgehead atoms. The van der Waals surface area contributed by atoms with Crippen LogP contribution in [-0.4, -0.2) is 48.3 Å². The second-order valence-electron chi connectivity index (χ2n) is 8.91. The molecule has 0 radical (unpaired) electrons. The number of nitrogens with zero attached hydrogens (tertiary/aromatic N) is 3. The first kappa shape index (κ1) is 27.5. The molecule has 0 aliphatic carbocycles. The minimum absolute atomic E-state index is 0.0596. The van der Waals surface area contributed by atoms with Crippen molar-refractivity contribution in [2.45, 2.75) is 18.8 Å². The van der Waals surface area contributed by atoms with Crippen molar-refractivity contribution in [3.63, 3.8) is 0 Å². The molecule has 0 atom stereocenters. The van der Waals surface area contributed by atoms with Gasteiger partial charge in [0.15, 0.2) is 17.3 Å². The Balaban J connectivity index is 1.20. The first-order valence-corrected chi connectivity index (χ1v) is 14.1. The number of benzene rings is 2. The molecule has 0 N–H and O–H groups in total. The summed E-state index contributed by atoms with van der Waals surface area (Å²) in [5, 5.41) is 8.50. The van der Waals surface area contributed by atoms with Gasteiger partial charge in [0.2, 0.25) is 5.91 Å². The fraction of sp³-hybridized carbons (Fsp3) is 0.250. The summed E-state index contributed by atoms with van der Waals surface area (Å²) >= 11 is 20.2. The zero-order valence-electron chi connectivity index (χ0n) is 21.1. The minimum Gasteiger partial charge on any atom is -0.493 e. The van der Waals surface area contributed by atoms with E-state index in [0.29, 0.717) is 56.7 Å². The molecule has 2 aromatic heterocycles. The fourth-order valence-corrected chi connectivity index (χ4v) is 6.00. The summed E-state index contributed by atoms with van der Waals surface area (Å²) < 4.78 is 16.2. The molecule has 1 aliphatic heterocycles. The Morgan fingerprint density at radius 1 is 1.05 bits per heavy atom. The van der Waals surface area contributed by atoms with Gasteiger partial charge in [-0.15, -0.1) is 11.3 Å². The van der Waals surface area contributed by atoms with Gasteiger partial charge in [-0.05, 0) is 48.7 Å². The third-order valence-corrected chi connectivity index (χ3v) is 8.71. The molecule has 0 saturated carbocycles. The second kappa shape index (κ2) is 12.0. The number of hydrogen-bond acceptors (Lipinski definition) is 7. The second-order valence-corrected chi connectivity index (χ2v) is 11.0. The van der Waals surface area contributed by atoms with E-state index in [1.165, 1.54) is 7.11 Å². The summed E-state index contributed by atoms with van der Waals surface area (Å²) in [5.74, 6) is 1.78. The largest absolute Gasteiger partial charge is 0.493 e. The summed E-state index contributed by atoms with van der Waals surface area (Å²) in [7, 11) is 3.07. The molecule has 39 heavy (non-hydrogen) atoms. The number of piperidine rings is 1. The van der Waals surface area contributed by atoms with E-state index in [0.717, 1.165) is 29.1 Å². The van der Waals surface area contributed by atoms with Crippen LogP contribution in [0.5, 0.6) is 11.5 Å². The zero-order chi connectivity index (χ0) is 27.5. The number of amides is 1. The van der Waals surface area contributed by atoms with Gasteiger partial charge in [0, 0.05) is 42.1 Å². The Bertz CT molecular complexity index is 1530. The van der Waals surface area contributed by atoms with Gasteiger partial charge in [0.1, 0.15) is 11.4 Å². The fourth-order valence-electron chi connectivity index (χ4n) is 4.42. The molecule has 1 fully saturated rings. The number of carbonyl (C=O) groups is 1. The number of rotatable bonds is 7. The van der Waals surface area contributed by atoms with E-state index in [1.54, 1.807) is 54.9 Å². The van der Waals surface area contributed by atoms with Gasteiger partial charge in [-0.1, -0.05) is 46.0 Å². The SMILES string of the molecule is COc1ccc(/C=C/C(=O)N2CCC(c3nc(-c4cc(-c5ccc(Cl)c(Cl)c5)no4)cs3)CC2)c(Cl)c1OC. The first-order chi connectivity index (χ1) is 18.9. The Kier molecular flexibility index (Phi) is 8.47. The number of thiazole rings is 1. The Hall–Kier alpha value is -3.04. The van der Waals surface area contributed by atoms with Gasteiger partial charge in [-0.25, -0.2) is 4.98 Å². The van der Waals surface area contributed by atoms with E-state index in [9.17, 15) is 4.79 Å². The number of halogens is 3. The highest BCUT2D eigenvalue weighted by molar-refractivity contribution is 7.10. The van der Waals surface area contributed by atoms with Crippen LogP contribution in [-0.2, 0) is 4.79 Å². The molecule has 1 saturated heterocycles. The van der Waals surface area contributed by atoms with Crippen LogP contribution in [0.2, 0.25) is 15.1 Å². The maximum Gasteiger partial charge on any atom is 0.246 e. The van der Waals surface area contributed by atoms with Crippen LogP contribution in [0.15, 0.2) is 52.4 Å². The molecule has 202 valence electrons. The summed E-state index contributed by atoms with van der Waals surface area (Å²) in [4.78, 5) is 19.5. The first-order valence-electron chi connectivity index (χ1n) is 12.1. The van der Waals surface area contributed by atoms with Crippen LogP contribution in [0.4, 0.5) is 0 Å². The molecule has 7 nitrogen and oxygen atoms in total. The number of aromatic nitrogens is 2. The predicted molar refractivity (Wildman–Crippen MR) is 155 cm³/mol. The summed E-state index contributed by atoms with van der Waals surface area (Å²) in [5.41, 5.74) is 2.89. The van der Waals surface area contributed by atoms with Gasteiger partial charge in [0.05, 0.1) is 34.3 Å². The molecular formula is C28H24Cl3N3O4S. The van der Waals surface area contributed by atoms with E-state index in [1.807, 2.05) is 22.4 Å². The predicted octanol–water partition coefficient (Wildman–Crippen LogP) is 7.86. The maximum atomic E-state index is 12.8. The highest BCUT2D eigenvalue weighted by Gasteiger charge is 2.25. The average molecular weight is 605 g/mol. The van der Waals surface area contributed by atoms with Crippen molar-refractivity contribution in [1.29, 1.82) is 0 Å². The quantitative estimate of drug-likeness (QED) is 0.200. The Morgan fingerprint density at radius 3 is 2.56 bits per heavy atom. The van der Waals surface area contributed by atoms with Crippen LogP contribution >= 0.6 is 46.1 Å². The lowest BCUT2D eigenvalue weighted by molar-refractivity contribution is -0.126. The number of ether oxygens (including phenoxy) is 2. The van der Waals surface area contributed by atoms with Crippen LogP contribution in [0.1, 0.15) is 29.3 Å². The number of methoxy groups -OCH3 is 2. The molecular weight excluding hydrogens is 581 g/mol. The molecule has 0 spiro atoms. The normalized spacial score (nSPS) is 14.2. The van der Waals surface area contributed by atoms with E-state index in [4.69, 9.17) is 53.8 Å². The van der Waals surface area contributed by atoms with Crippen molar-refractivity contribution < 1.29 is 18.8 Å². The molecule has 3 heterocycles. The Morgan fingerprint density at radius 2 is 1.85 bits per heavy atom. The van der Waals surface area contributed by atoms with Crippen molar-refractivity contribution in [2.24, 2.45) is 0 Å². The van der Waals surface area contributed by atoms with E-state index < -0.39 is 0 Å². The molecule has 1 amide bonds. The lowest BCUT2D eigenvalue weighted by Gasteiger charge is -2.30. The van der Waals surface area contributed by atoms with Crippen LogP contribution in [0, 0.1) is 0 Å². The third-order valence-electron chi connectivity index (χ3n) is 6.58. The zero-order valence-corrected chi connectivity index (χ0v) is 24.2. The van der Waals surface area contributed by atoms with Crippen molar-refractivity contribution in [1.82, 2.24) is 15.0 Å². The lowest BCUT2D eigenvalue weighted by atomic mass is 9.97. The van der Waals surface area contributed by atoms with Crippen molar-refractivity contribution in [3.05, 3.63) is 73.5 Å². The number of carbonyl (C=O) groups excluding carboxylic acids is 1. The molecule has 2 aromatic carbocycles. The van der Waals surface area contributed by atoms with Gasteiger partial charge >= 0.3 is 0 Å². The standard InChI is InChI=1S/C28H24Cl3N3O4S/c1-36-23-7-4-16(26(31)27(23)37-2)5-8-25(35)34-11-9-17(10-12-34)28-32-22(15-39-28)24-14-21(33-38-24)18-3-6-19(29)20(30)13-18/h3-8,13-15,17H,9-12H2,1-2H3/b8-5+. The monoisotopic (exact) mass is 603 g/mol. The van der Waals surface area contributed by atoms with Gasteiger partial charge < -0.3 is 18.9 Å². The summed E-state index contributed by atoms with van der Waals surface area (Å²) in [6.07, 6.45) is 4.91. The number of hydrogen-bond donors (Lipinski definition) is 0. The topological polar surface area (TPSA) is 77.7 Å². The van der Waals surface area contributed by atoms with Crippen LogP contribution in [0.25, 0.3) is 28.8 Å². The van der Waals surface area contributed by atoms with Crippen molar-refractivity contribution >= 4 is 58.1 Å². The molecule has 5 rings (SSSR count).